The molecular weight excluding hydrogens is 482 g/mol. The van der Waals surface area contributed by atoms with Crippen LogP contribution in [0, 0.1) is 0 Å². The lowest BCUT2D eigenvalue weighted by atomic mass is 10.0. The fraction of sp³-hybridized carbons (Fsp3) is 0.192. The summed E-state index contributed by atoms with van der Waals surface area (Å²) in [5, 5.41) is 8.20. The molecule has 0 spiro atoms. The number of benzene rings is 2. The number of aromatic nitrogens is 1. The van der Waals surface area contributed by atoms with Crippen molar-refractivity contribution >= 4 is 40.0 Å². The molecule has 0 fully saturated rings. The third-order valence-electron chi connectivity index (χ3n) is 5.71. The number of hydrogen-bond acceptors (Lipinski definition) is 7. The van der Waals surface area contributed by atoms with Gasteiger partial charge in [-0.1, -0.05) is 30.3 Å². The van der Waals surface area contributed by atoms with Crippen molar-refractivity contribution in [1.29, 1.82) is 0 Å². The smallest absolute Gasteiger partial charge is 0.329 e. The van der Waals surface area contributed by atoms with Crippen LogP contribution in [0.25, 0.3) is 10.9 Å². The molecule has 5 rings (SSSR count). The summed E-state index contributed by atoms with van der Waals surface area (Å²) in [4.78, 5) is 41.6. The molecule has 1 aliphatic heterocycles. The maximum absolute atomic E-state index is 13.0. The summed E-state index contributed by atoms with van der Waals surface area (Å²) in [6.45, 7) is -0.0621. The predicted octanol–water partition coefficient (Wildman–Crippen LogP) is 3.16. The molecule has 1 unspecified atom stereocenters. The molecule has 1 aliphatic rings. The monoisotopic (exact) mass is 505 g/mol. The van der Waals surface area contributed by atoms with Crippen LogP contribution in [0.5, 0.6) is 11.5 Å². The number of H-pyrrole nitrogens is 1. The standard InChI is InChI=1S/C26H23N3O6S/c30-24(28-12-16-7-8-21-22(10-16)35-15-34-21)14-33-26(32)20(29-25(31)23-6-3-9-36-23)11-17-13-27-19-5-2-1-4-18(17)19/h1-10,13,20,27H,11-12,14-15H2,(H,28,30)(H,29,31). The summed E-state index contributed by atoms with van der Waals surface area (Å²) < 4.78 is 15.9. The van der Waals surface area contributed by atoms with Crippen LogP contribution >= 0.6 is 11.3 Å². The molecule has 2 amide bonds. The van der Waals surface area contributed by atoms with Gasteiger partial charge in [-0.3, -0.25) is 9.59 Å². The van der Waals surface area contributed by atoms with Crippen LogP contribution in [-0.2, 0) is 27.3 Å². The first kappa shape index (κ1) is 23.4. The molecule has 3 heterocycles. The fourth-order valence-electron chi connectivity index (χ4n) is 3.89. The Balaban J connectivity index is 1.21. The average molecular weight is 506 g/mol. The third kappa shape index (κ3) is 5.33. The van der Waals surface area contributed by atoms with E-state index in [1.165, 1.54) is 11.3 Å². The summed E-state index contributed by atoms with van der Waals surface area (Å²) in [5.74, 6) is -0.251. The van der Waals surface area contributed by atoms with Crippen LogP contribution in [0.2, 0.25) is 0 Å². The first-order valence-electron chi connectivity index (χ1n) is 11.3. The van der Waals surface area contributed by atoms with Crippen LogP contribution in [0.1, 0.15) is 20.8 Å². The highest BCUT2D eigenvalue weighted by molar-refractivity contribution is 7.12. The third-order valence-corrected chi connectivity index (χ3v) is 6.57. The number of rotatable bonds is 9. The Morgan fingerprint density at radius 2 is 1.92 bits per heavy atom. The quantitative estimate of drug-likeness (QED) is 0.301. The maximum atomic E-state index is 13.0. The first-order valence-corrected chi connectivity index (χ1v) is 12.2. The van der Waals surface area contributed by atoms with E-state index in [-0.39, 0.29) is 25.7 Å². The highest BCUT2D eigenvalue weighted by Gasteiger charge is 2.26. The van der Waals surface area contributed by atoms with Gasteiger partial charge in [0.1, 0.15) is 6.04 Å². The predicted molar refractivity (Wildman–Crippen MR) is 133 cm³/mol. The summed E-state index contributed by atoms with van der Waals surface area (Å²) in [6.07, 6.45) is 2.01. The van der Waals surface area contributed by atoms with Gasteiger partial charge in [0.15, 0.2) is 18.1 Å². The number of carbonyl (C=O) groups is 3. The lowest BCUT2D eigenvalue weighted by Crippen LogP contribution is -2.44. The SMILES string of the molecule is O=C(COC(=O)C(Cc1c[nH]c2ccccc12)NC(=O)c1cccs1)NCc1ccc2c(c1)OCO2. The van der Waals surface area contributed by atoms with Gasteiger partial charge in [0, 0.05) is 30.1 Å². The Labute approximate surface area is 210 Å². The van der Waals surface area contributed by atoms with Gasteiger partial charge in [-0.2, -0.15) is 0 Å². The lowest BCUT2D eigenvalue weighted by molar-refractivity contribution is -0.150. The minimum Gasteiger partial charge on any atom is -0.454 e. The Bertz CT molecular complexity index is 1400. The van der Waals surface area contributed by atoms with Crippen molar-refractivity contribution in [2.45, 2.75) is 19.0 Å². The van der Waals surface area contributed by atoms with Crippen molar-refractivity contribution in [1.82, 2.24) is 15.6 Å². The van der Waals surface area contributed by atoms with Gasteiger partial charge in [-0.25, -0.2) is 4.79 Å². The number of thiophene rings is 1. The molecule has 1 atom stereocenters. The molecule has 0 radical (unpaired) electrons. The molecule has 9 nitrogen and oxygen atoms in total. The molecule has 0 bridgehead atoms. The van der Waals surface area contributed by atoms with E-state index in [0.29, 0.717) is 16.4 Å². The van der Waals surface area contributed by atoms with E-state index in [2.05, 4.69) is 15.6 Å². The highest BCUT2D eigenvalue weighted by atomic mass is 32.1. The number of fused-ring (bicyclic) bond motifs is 2. The first-order chi connectivity index (χ1) is 17.6. The number of hydrogen-bond donors (Lipinski definition) is 3. The van der Waals surface area contributed by atoms with Crippen LogP contribution < -0.4 is 20.1 Å². The largest absolute Gasteiger partial charge is 0.454 e. The van der Waals surface area contributed by atoms with E-state index in [4.69, 9.17) is 14.2 Å². The number of nitrogens with one attached hydrogen (secondary N) is 3. The molecule has 2 aromatic carbocycles. The maximum Gasteiger partial charge on any atom is 0.329 e. The van der Waals surface area contributed by atoms with Crippen molar-refractivity contribution < 1.29 is 28.6 Å². The van der Waals surface area contributed by atoms with Crippen LogP contribution in [-0.4, -0.2) is 42.2 Å². The van der Waals surface area contributed by atoms with Gasteiger partial charge in [0.25, 0.3) is 11.8 Å². The molecule has 3 N–H and O–H groups in total. The van der Waals surface area contributed by atoms with Crippen LogP contribution in [0.15, 0.2) is 66.2 Å². The molecule has 0 saturated heterocycles. The van der Waals surface area contributed by atoms with E-state index in [1.54, 1.807) is 35.8 Å². The summed E-state index contributed by atoms with van der Waals surface area (Å²) in [7, 11) is 0. The molecule has 0 aliphatic carbocycles. The number of aromatic amines is 1. The van der Waals surface area contributed by atoms with Gasteiger partial charge >= 0.3 is 5.97 Å². The van der Waals surface area contributed by atoms with Crippen molar-refractivity contribution in [2.75, 3.05) is 13.4 Å². The minimum atomic E-state index is -0.972. The zero-order valence-electron chi connectivity index (χ0n) is 19.1. The van der Waals surface area contributed by atoms with E-state index in [9.17, 15) is 14.4 Å². The van der Waals surface area contributed by atoms with Gasteiger partial charge in [0.05, 0.1) is 4.88 Å². The summed E-state index contributed by atoms with van der Waals surface area (Å²) in [6, 6.07) is 15.5. The normalized spacial score (nSPS) is 12.8. The van der Waals surface area contributed by atoms with Crippen molar-refractivity contribution in [3.05, 3.63) is 82.2 Å². The van der Waals surface area contributed by atoms with E-state index in [0.717, 1.165) is 22.0 Å². The van der Waals surface area contributed by atoms with E-state index >= 15 is 0 Å². The number of esters is 1. The Morgan fingerprint density at radius 3 is 2.78 bits per heavy atom. The number of para-hydroxylation sites is 1. The second kappa shape index (κ2) is 10.5. The molecule has 0 saturated carbocycles. The minimum absolute atomic E-state index is 0.170. The number of amides is 2. The van der Waals surface area contributed by atoms with Gasteiger partial charge in [0.2, 0.25) is 6.79 Å². The molecule has 36 heavy (non-hydrogen) atoms. The van der Waals surface area contributed by atoms with E-state index < -0.39 is 24.5 Å². The van der Waals surface area contributed by atoms with Crippen molar-refractivity contribution in [3.63, 3.8) is 0 Å². The Hall–Kier alpha value is -4.31. The second-order valence-corrected chi connectivity index (χ2v) is 9.09. The molecular formula is C26H23N3O6S. The molecule has 4 aromatic rings. The molecule has 184 valence electrons. The number of ether oxygens (including phenoxy) is 3. The average Bonchev–Trinajstić information content (AvgIpc) is 3.66. The number of carbonyl (C=O) groups excluding carboxylic acids is 3. The Kier molecular flexibility index (Phi) is 6.85. The summed E-state index contributed by atoms with van der Waals surface area (Å²) >= 11 is 1.27. The second-order valence-electron chi connectivity index (χ2n) is 8.14. The summed E-state index contributed by atoms with van der Waals surface area (Å²) in [5.41, 5.74) is 2.60. The highest BCUT2D eigenvalue weighted by Crippen LogP contribution is 2.32. The zero-order chi connectivity index (χ0) is 24.9. The lowest BCUT2D eigenvalue weighted by Gasteiger charge is -2.17. The van der Waals surface area contributed by atoms with Gasteiger partial charge in [-0.15, -0.1) is 11.3 Å². The van der Waals surface area contributed by atoms with E-state index in [1.807, 2.05) is 30.3 Å². The zero-order valence-corrected chi connectivity index (χ0v) is 19.9. The topological polar surface area (TPSA) is 119 Å². The van der Waals surface area contributed by atoms with Crippen LogP contribution in [0.3, 0.4) is 0 Å². The molecule has 2 aromatic heterocycles. The van der Waals surface area contributed by atoms with Gasteiger partial charge < -0.3 is 29.8 Å². The van der Waals surface area contributed by atoms with Crippen LogP contribution in [0.4, 0.5) is 0 Å². The van der Waals surface area contributed by atoms with Gasteiger partial charge in [-0.05, 0) is 40.8 Å². The van der Waals surface area contributed by atoms with Crippen molar-refractivity contribution in [3.8, 4) is 11.5 Å². The molecule has 10 heteroatoms. The Morgan fingerprint density at radius 1 is 1.06 bits per heavy atom. The van der Waals surface area contributed by atoms with Crippen molar-refractivity contribution in [2.24, 2.45) is 0 Å². The fourth-order valence-corrected chi connectivity index (χ4v) is 4.52.